The number of nitrogens with one attached hydrogen (secondary N) is 1. The molecule has 0 saturated heterocycles. The number of benzene rings is 2. The third kappa shape index (κ3) is 2.98. The average molecular weight is 250 g/mol. The molecule has 0 amide bonds. The highest BCUT2D eigenvalue weighted by molar-refractivity contribution is 6.30. The second kappa shape index (κ2) is 5.19. The van der Waals surface area contributed by atoms with E-state index in [2.05, 4.69) is 5.32 Å². The molecular weight excluding hydrogens is 237 g/mol. The van der Waals surface area contributed by atoms with E-state index in [0.717, 1.165) is 11.1 Å². The maximum atomic E-state index is 13.5. The predicted octanol–water partition coefficient (Wildman–Crippen LogP) is 4.40. The van der Waals surface area contributed by atoms with Gasteiger partial charge in [-0.05, 0) is 36.2 Å². The lowest BCUT2D eigenvalue weighted by Crippen LogP contribution is -2.03. The summed E-state index contributed by atoms with van der Waals surface area (Å²) >= 11 is 5.89. The Balaban J connectivity index is 2.13. The highest BCUT2D eigenvalue weighted by Crippen LogP contribution is 2.20. The fourth-order valence-corrected chi connectivity index (χ4v) is 1.91. The molecule has 1 N–H and O–H groups in total. The molecular formula is C14H13ClFN. The Kier molecular flexibility index (Phi) is 3.64. The number of aryl methyl sites for hydroxylation is 1. The normalized spacial score (nSPS) is 10.3. The number of hydrogen-bond donors (Lipinski definition) is 1. The van der Waals surface area contributed by atoms with Crippen LogP contribution in [-0.2, 0) is 6.54 Å². The van der Waals surface area contributed by atoms with E-state index in [4.69, 9.17) is 11.6 Å². The molecule has 0 aliphatic carbocycles. The molecule has 17 heavy (non-hydrogen) atoms. The van der Waals surface area contributed by atoms with E-state index in [-0.39, 0.29) is 5.82 Å². The van der Waals surface area contributed by atoms with Crippen LogP contribution in [0.3, 0.4) is 0 Å². The Bertz CT molecular complexity index is 505. The van der Waals surface area contributed by atoms with E-state index in [1.54, 1.807) is 6.07 Å². The van der Waals surface area contributed by atoms with Gasteiger partial charge in [0.1, 0.15) is 5.82 Å². The van der Waals surface area contributed by atoms with Crippen molar-refractivity contribution in [2.45, 2.75) is 13.5 Å². The molecule has 0 bridgehead atoms. The molecule has 0 radical (unpaired) electrons. The van der Waals surface area contributed by atoms with Crippen LogP contribution in [-0.4, -0.2) is 0 Å². The molecule has 1 nitrogen and oxygen atoms in total. The van der Waals surface area contributed by atoms with Gasteiger partial charge in [-0.15, -0.1) is 0 Å². The third-order valence-corrected chi connectivity index (χ3v) is 2.82. The second-order valence-electron chi connectivity index (χ2n) is 3.92. The SMILES string of the molecule is Cc1cccc(F)c1NCc1cccc(Cl)c1. The second-order valence-corrected chi connectivity index (χ2v) is 4.35. The lowest BCUT2D eigenvalue weighted by molar-refractivity contribution is 0.629. The monoisotopic (exact) mass is 249 g/mol. The molecule has 0 spiro atoms. The van der Waals surface area contributed by atoms with Crippen LogP contribution in [0.15, 0.2) is 42.5 Å². The Morgan fingerprint density at radius 3 is 2.65 bits per heavy atom. The van der Waals surface area contributed by atoms with Crippen LogP contribution >= 0.6 is 11.6 Å². The molecule has 0 aromatic heterocycles. The Morgan fingerprint density at radius 2 is 1.94 bits per heavy atom. The first kappa shape index (κ1) is 11.9. The van der Waals surface area contributed by atoms with Crippen LogP contribution in [0.25, 0.3) is 0 Å². The number of rotatable bonds is 3. The summed E-state index contributed by atoms with van der Waals surface area (Å²) in [4.78, 5) is 0. The molecule has 0 atom stereocenters. The minimum atomic E-state index is -0.230. The molecule has 0 saturated carbocycles. The Labute approximate surface area is 105 Å². The van der Waals surface area contributed by atoms with Crippen molar-refractivity contribution >= 4 is 17.3 Å². The largest absolute Gasteiger partial charge is 0.378 e. The maximum absolute atomic E-state index is 13.5. The molecule has 2 aromatic carbocycles. The van der Waals surface area contributed by atoms with Gasteiger partial charge in [-0.3, -0.25) is 0 Å². The molecule has 0 aliphatic heterocycles. The lowest BCUT2D eigenvalue weighted by atomic mass is 10.1. The zero-order valence-electron chi connectivity index (χ0n) is 9.50. The number of halogens is 2. The number of para-hydroxylation sites is 1. The summed E-state index contributed by atoms with van der Waals surface area (Å²) in [5.41, 5.74) is 2.47. The van der Waals surface area contributed by atoms with Crippen molar-refractivity contribution in [3.05, 3.63) is 64.4 Å². The van der Waals surface area contributed by atoms with Gasteiger partial charge in [0.2, 0.25) is 0 Å². The van der Waals surface area contributed by atoms with E-state index in [0.29, 0.717) is 17.3 Å². The molecule has 0 fully saturated rings. The Hall–Kier alpha value is -1.54. The molecule has 0 aliphatic rings. The van der Waals surface area contributed by atoms with E-state index < -0.39 is 0 Å². The van der Waals surface area contributed by atoms with Crippen LogP contribution in [0.1, 0.15) is 11.1 Å². The molecule has 2 aromatic rings. The van der Waals surface area contributed by atoms with Gasteiger partial charge in [-0.1, -0.05) is 35.9 Å². The van der Waals surface area contributed by atoms with E-state index in [1.165, 1.54) is 6.07 Å². The Morgan fingerprint density at radius 1 is 1.18 bits per heavy atom. The average Bonchev–Trinajstić information content (AvgIpc) is 2.28. The van der Waals surface area contributed by atoms with Crippen LogP contribution in [0, 0.1) is 12.7 Å². The van der Waals surface area contributed by atoms with Gasteiger partial charge in [0.25, 0.3) is 0 Å². The van der Waals surface area contributed by atoms with Gasteiger partial charge in [-0.25, -0.2) is 4.39 Å². The van der Waals surface area contributed by atoms with Crippen molar-refractivity contribution in [1.29, 1.82) is 0 Å². The molecule has 0 unspecified atom stereocenters. The van der Waals surface area contributed by atoms with E-state index in [1.807, 2.05) is 37.3 Å². The van der Waals surface area contributed by atoms with E-state index in [9.17, 15) is 4.39 Å². The van der Waals surface area contributed by atoms with E-state index >= 15 is 0 Å². The molecule has 0 heterocycles. The molecule has 3 heteroatoms. The standard InChI is InChI=1S/C14H13ClFN/c1-10-4-2-7-13(16)14(10)17-9-11-5-3-6-12(15)8-11/h2-8,17H,9H2,1H3. The summed E-state index contributed by atoms with van der Waals surface area (Å²) < 4.78 is 13.5. The van der Waals surface area contributed by atoms with Gasteiger partial charge in [0, 0.05) is 11.6 Å². The number of hydrogen-bond acceptors (Lipinski definition) is 1. The summed E-state index contributed by atoms with van der Waals surface area (Å²) in [6, 6.07) is 12.6. The predicted molar refractivity (Wildman–Crippen MR) is 69.9 cm³/mol. The first-order valence-corrected chi connectivity index (χ1v) is 5.78. The van der Waals surface area contributed by atoms with Crippen LogP contribution < -0.4 is 5.32 Å². The molecule has 88 valence electrons. The van der Waals surface area contributed by atoms with Crippen molar-refractivity contribution < 1.29 is 4.39 Å². The minimum Gasteiger partial charge on any atom is -0.378 e. The fraction of sp³-hybridized carbons (Fsp3) is 0.143. The number of anilines is 1. The maximum Gasteiger partial charge on any atom is 0.146 e. The van der Waals surface area contributed by atoms with Gasteiger partial charge in [0.05, 0.1) is 5.69 Å². The lowest BCUT2D eigenvalue weighted by Gasteiger charge is -2.10. The van der Waals surface area contributed by atoms with Crippen molar-refractivity contribution in [3.8, 4) is 0 Å². The zero-order valence-corrected chi connectivity index (χ0v) is 10.3. The first-order chi connectivity index (χ1) is 8.16. The highest BCUT2D eigenvalue weighted by Gasteiger charge is 2.04. The third-order valence-electron chi connectivity index (χ3n) is 2.58. The zero-order chi connectivity index (χ0) is 12.3. The highest BCUT2D eigenvalue weighted by atomic mass is 35.5. The van der Waals surface area contributed by atoms with Gasteiger partial charge in [0.15, 0.2) is 0 Å². The minimum absolute atomic E-state index is 0.230. The van der Waals surface area contributed by atoms with Crippen LogP contribution in [0.4, 0.5) is 10.1 Å². The van der Waals surface area contributed by atoms with Crippen molar-refractivity contribution in [2.24, 2.45) is 0 Å². The van der Waals surface area contributed by atoms with Crippen molar-refractivity contribution in [2.75, 3.05) is 5.32 Å². The molecule has 2 rings (SSSR count). The summed E-state index contributed by atoms with van der Waals surface area (Å²) in [5, 5.41) is 3.78. The van der Waals surface area contributed by atoms with Crippen molar-refractivity contribution in [3.63, 3.8) is 0 Å². The van der Waals surface area contributed by atoms with Gasteiger partial charge < -0.3 is 5.32 Å². The topological polar surface area (TPSA) is 12.0 Å². The van der Waals surface area contributed by atoms with Crippen LogP contribution in [0.2, 0.25) is 5.02 Å². The summed E-state index contributed by atoms with van der Waals surface area (Å²) in [7, 11) is 0. The quantitative estimate of drug-likeness (QED) is 0.850. The van der Waals surface area contributed by atoms with Crippen molar-refractivity contribution in [1.82, 2.24) is 0 Å². The fourth-order valence-electron chi connectivity index (χ4n) is 1.69. The first-order valence-electron chi connectivity index (χ1n) is 5.40. The summed E-state index contributed by atoms with van der Waals surface area (Å²) in [6.45, 7) is 2.44. The van der Waals surface area contributed by atoms with Crippen LogP contribution in [0.5, 0.6) is 0 Å². The summed E-state index contributed by atoms with van der Waals surface area (Å²) in [6.07, 6.45) is 0. The summed E-state index contributed by atoms with van der Waals surface area (Å²) in [5.74, 6) is -0.230. The van der Waals surface area contributed by atoms with Gasteiger partial charge in [-0.2, -0.15) is 0 Å². The smallest absolute Gasteiger partial charge is 0.146 e. The van der Waals surface area contributed by atoms with Gasteiger partial charge >= 0.3 is 0 Å².